The molecule has 2 rings (SSSR count). The first-order chi connectivity index (χ1) is 40.6. The molecule has 2 saturated heterocycles. The van der Waals surface area contributed by atoms with Gasteiger partial charge < -0.3 is 65.1 Å². The van der Waals surface area contributed by atoms with Crippen LogP contribution in [-0.4, -0.2) is 140 Å². The highest BCUT2D eigenvalue weighted by Crippen LogP contribution is 2.30. The molecule has 0 aromatic heterocycles. The summed E-state index contributed by atoms with van der Waals surface area (Å²) >= 11 is 0. The Hall–Kier alpha value is -3.61. The number of aliphatic hydroxyl groups is 8. The van der Waals surface area contributed by atoms with Gasteiger partial charge in [-0.15, -0.1) is 0 Å². The van der Waals surface area contributed by atoms with Crippen molar-refractivity contribution in [2.45, 2.75) is 286 Å². The molecule has 1 amide bonds. The van der Waals surface area contributed by atoms with Gasteiger partial charge in [-0.05, 0) is 89.9 Å². The Morgan fingerprint density at radius 1 is 0.446 bits per heavy atom. The summed E-state index contributed by atoms with van der Waals surface area (Å²) < 4.78 is 22.8. The lowest BCUT2D eigenvalue weighted by Crippen LogP contribution is -2.65. The van der Waals surface area contributed by atoms with Crippen molar-refractivity contribution in [3.63, 3.8) is 0 Å². The fourth-order valence-electron chi connectivity index (χ4n) is 9.79. The van der Waals surface area contributed by atoms with Crippen molar-refractivity contribution in [3.8, 4) is 0 Å². The van der Waals surface area contributed by atoms with Crippen LogP contribution in [0.2, 0.25) is 0 Å². The van der Waals surface area contributed by atoms with E-state index in [9.17, 15) is 45.6 Å². The zero-order chi connectivity index (χ0) is 60.2. The number of ether oxygens (including phenoxy) is 4. The number of hydrogen-bond donors (Lipinski definition) is 9. The van der Waals surface area contributed by atoms with Gasteiger partial charge in [0.2, 0.25) is 5.91 Å². The maximum absolute atomic E-state index is 13.3. The number of rotatable bonds is 50. The number of carbonyl (C=O) groups excluding carboxylic acids is 1. The number of amides is 1. The van der Waals surface area contributed by atoms with Gasteiger partial charge in [-0.25, -0.2) is 0 Å². The van der Waals surface area contributed by atoms with Gasteiger partial charge in [0.05, 0.1) is 32.0 Å². The van der Waals surface area contributed by atoms with Gasteiger partial charge in [-0.3, -0.25) is 4.79 Å². The molecule has 14 nitrogen and oxygen atoms in total. The monoisotopic (exact) mass is 1170 g/mol. The molecule has 2 fully saturated rings. The molecule has 14 heteroatoms. The van der Waals surface area contributed by atoms with Crippen LogP contribution in [0.25, 0.3) is 0 Å². The van der Waals surface area contributed by atoms with Crippen molar-refractivity contribution < 1.29 is 64.6 Å². The van der Waals surface area contributed by atoms with Crippen LogP contribution in [0.5, 0.6) is 0 Å². The van der Waals surface area contributed by atoms with E-state index in [4.69, 9.17) is 18.9 Å². The van der Waals surface area contributed by atoms with Crippen LogP contribution in [0, 0.1) is 0 Å². The minimum Gasteiger partial charge on any atom is -0.394 e. The van der Waals surface area contributed by atoms with Crippen LogP contribution >= 0.6 is 0 Å². The standard InChI is InChI=1S/C69H115NO13/c1-3-5-7-9-11-13-15-16-17-18-19-20-21-22-23-24-25-26-27-28-29-30-31-32-33-34-35-36-37-38-39-40-41-42-43-45-47-49-51-53-61(74)70-57(58(73)52-50-48-46-44-14-12-10-8-6-4-2)56-80-68-66(79)64(77)67(60(55-72)82-68)83-69-65(78)63(76)62(75)59(54-71)81-69/h5,7,11,13,16-17,19-20,22-23,25-26,28-29,31-32,34-35,37-38,57-60,62-69,71-73,75-79H,3-4,6,8-10,12,14-15,18,21,24,27,30,33,36,39-56H2,1-2H3,(H,70,74)/b7-5-,13-11-,17-16-,20-19-,23-22-,26-25-,29-28-,32-31-,35-34-,38-37-. The summed E-state index contributed by atoms with van der Waals surface area (Å²) in [6.07, 6.45) is 59.4. The highest BCUT2D eigenvalue weighted by molar-refractivity contribution is 5.76. The molecule has 0 aliphatic carbocycles. The lowest BCUT2D eigenvalue weighted by molar-refractivity contribution is -0.359. The first-order valence-electron chi connectivity index (χ1n) is 32.3. The molecular formula is C69H115NO13. The second-order valence-electron chi connectivity index (χ2n) is 22.2. The number of hydrogen-bond acceptors (Lipinski definition) is 13. The van der Waals surface area contributed by atoms with Crippen molar-refractivity contribution in [3.05, 3.63) is 122 Å². The van der Waals surface area contributed by atoms with Crippen LogP contribution < -0.4 is 5.32 Å². The Morgan fingerprint density at radius 3 is 1.28 bits per heavy atom. The Kier molecular flexibility index (Phi) is 47.9. The minimum absolute atomic E-state index is 0.222. The van der Waals surface area contributed by atoms with Gasteiger partial charge in [0, 0.05) is 6.42 Å². The molecule has 0 aromatic rings. The molecule has 0 bridgehead atoms. The van der Waals surface area contributed by atoms with E-state index in [1.807, 2.05) is 0 Å². The van der Waals surface area contributed by atoms with E-state index in [0.717, 1.165) is 122 Å². The molecule has 0 radical (unpaired) electrons. The molecule has 0 saturated carbocycles. The van der Waals surface area contributed by atoms with Crippen LogP contribution in [0.15, 0.2) is 122 Å². The lowest BCUT2D eigenvalue weighted by atomic mass is 9.97. The number of allylic oxidation sites excluding steroid dienone is 20. The number of carbonyl (C=O) groups is 1. The smallest absolute Gasteiger partial charge is 0.220 e. The minimum atomic E-state index is -1.79. The first kappa shape index (κ1) is 75.5. The van der Waals surface area contributed by atoms with Crippen molar-refractivity contribution in [1.82, 2.24) is 5.32 Å². The van der Waals surface area contributed by atoms with Crippen molar-refractivity contribution >= 4 is 5.91 Å². The maximum Gasteiger partial charge on any atom is 0.220 e. The predicted molar refractivity (Wildman–Crippen MR) is 336 cm³/mol. The van der Waals surface area contributed by atoms with Gasteiger partial charge in [0.1, 0.15) is 48.8 Å². The Balaban J connectivity index is 1.60. The van der Waals surface area contributed by atoms with E-state index in [2.05, 4.69) is 141 Å². The van der Waals surface area contributed by atoms with Crippen LogP contribution in [-0.2, 0) is 23.7 Å². The number of unbranched alkanes of at least 4 members (excludes halogenated alkanes) is 17. The molecule has 0 aromatic carbocycles. The second-order valence-corrected chi connectivity index (χ2v) is 22.2. The third-order valence-electron chi connectivity index (χ3n) is 14.9. The van der Waals surface area contributed by atoms with E-state index in [1.165, 1.54) is 57.8 Å². The summed E-state index contributed by atoms with van der Waals surface area (Å²) in [5, 5.41) is 87.1. The summed E-state index contributed by atoms with van der Waals surface area (Å²) in [5.41, 5.74) is 0. The molecule has 2 aliphatic rings. The highest BCUT2D eigenvalue weighted by atomic mass is 16.7. The van der Waals surface area contributed by atoms with Crippen molar-refractivity contribution in [1.29, 1.82) is 0 Å². The van der Waals surface area contributed by atoms with Crippen LogP contribution in [0.1, 0.15) is 213 Å². The fourth-order valence-corrected chi connectivity index (χ4v) is 9.79. The van der Waals surface area contributed by atoms with Gasteiger partial charge >= 0.3 is 0 Å². The van der Waals surface area contributed by atoms with Crippen molar-refractivity contribution in [2.75, 3.05) is 19.8 Å². The zero-order valence-electron chi connectivity index (χ0n) is 51.1. The molecule has 12 atom stereocenters. The largest absolute Gasteiger partial charge is 0.394 e. The first-order valence-corrected chi connectivity index (χ1v) is 32.3. The number of nitrogens with one attached hydrogen (secondary N) is 1. The summed E-state index contributed by atoms with van der Waals surface area (Å²) in [5.74, 6) is -0.222. The van der Waals surface area contributed by atoms with Crippen LogP contribution in [0.3, 0.4) is 0 Å². The Labute approximate surface area is 501 Å². The predicted octanol–water partition coefficient (Wildman–Crippen LogP) is 12.2. The van der Waals surface area contributed by atoms with Gasteiger partial charge in [-0.2, -0.15) is 0 Å². The molecule has 9 N–H and O–H groups in total. The average Bonchev–Trinajstić information content (AvgIpc) is 3.47. The third kappa shape index (κ3) is 37.5. The summed E-state index contributed by atoms with van der Waals surface area (Å²) in [4.78, 5) is 13.3. The van der Waals surface area contributed by atoms with Gasteiger partial charge in [-0.1, -0.05) is 238 Å². The Bertz CT molecular complexity index is 1850. The lowest BCUT2D eigenvalue weighted by Gasteiger charge is -2.46. The molecule has 0 spiro atoms. The quantitative estimate of drug-likeness (QED) is 0.0204. The molecule has 474 valence electrons. The molecule has 83 heavy (non-hydrogen) atoms. The summed E-state index contributed by atoms with van der Waals surface area (Å²) in [7, 11) is 0. The molecule has 2 aliphatic heterocycles. The summed E-state index contributed by atoms with van der Waals surface area (Å²) in [6, 6.07) is -0.840. The van der Waals surface area contributed by atoms with Gasteiger partial charge in [0.15, 0.2) is 12.6 Å². The number of aliphatic hydroxyl groups excluding tert-OH is 8. The van der Waals surface area contributed by atoms with E-state index in [1.54, 1.807) is 0 Å². The Morgan fingerprint density at radius 2 is 0.831 bits per heavy atom. The van der Waals surface area contributed by atoms with E-state index in [0.29, 0.717) is 12.8 Å². The zero-order valence-corrected chi connectivity index (χ0v) is 51.1. The molecule has 2 heterocycles. The molecular weight excluding hydrogens is 1050 g/mol. The topological polar surface area (TPSA) is 228 Å². The van der Waals surface area contributed by atoms with E-state index >= 15 is 0 Å². The van der Waals surface area contributed by atoms with E-state index in [-0.39, 0.29) is 18.9 Å². The van der Waals surface area contributed by atoms with E-state index < -0.39 is 86.8 Å². The molecule has 12 unspecified atom stereocenters. The fraction of sp³-hybridized carbons (Fsp3) is 0.696. The maximum atomic E-state index is 13.3. The van der Waals surface area contributed by atoms with Crippen molar-refractivity contribution in [2.24, 2.45) is 0 Å². The second kappa shape index (κ2) is 52.7. The third-order valence-corrected chi connectivity index (χ3v) is 14.9. The average molecular weight is 1170 g/mol. The normalized spacial score (nSPS) is 24.7. The van der Waals surface area contributed by atoms with Crippen LogP contribution in [0.4, 0.5) is 0 Å². The SMILES string of the molecule is CC/C=C\C/C=C\C/C=C\C/C=C\C/C=C\C/C=C\C/C=C\C/C=C\C/C=C\C/C=C\CCCCCCCCCCC(=O)NC(COC1OC(CO)C(OC2OC(CO)C(O)C(O)C2O)C(O)C1O)C(O)CCCCCCCCCCCC. The highest BCUT2D eigenvalue weighted by Gasteiger charge is 2.51. The summed E-state index contributed by atoms with van der Waals surface area (Å²) in [6.45, 7) is 2.70. The van der Waals surface area contributed by atoms with Gasteiger partial charge in [0.25, 0.3) is 0 Å².